The highest BCUT2D eigenvalue weighted by molar-refractivity contribution is 6.06. The topological polar surface area (TPSA) is 70.1 Å². The van der Waals surface area contributed by atoms with Crippen LogP contribution in [0.2, 0.25) is 0 Å². The quantitative estimate of drug-likeness (QED) is 0.554. The van der Waals surface area contributed by atoms with E-state index in [1.165, 1.54) is 42.0 Å². The Hall–Kier alpha value is -3.22. The lowest BCUT2D eigenvalue weighted by atomic mass is 10.1. The largest absolute Gasteiger partial charge is 0.478 e. The lowest BCUT2D eigenvalue weighted by molar-refractivity contribution is 0.0695. The molecule has 6 nitrogen and oxygen atoms in total. The Morgan fingerprint density at radius 2 is 1.47 bits per heavy atom. The van der Waals surface area contributed by atoms with E-state index < -0.39 is 5.97 Å². The van der Waals surface area contributed by atoms with Crippen molar-refractivity contribution < 1.29 is 19.5 Å². The van der Waals surface area contributed by atoms with Gasteiger partial charge in [0.1, 0.15) is 0 Å². The van der Waals surface area contributed by atoms with E-state index >= 15 is 0 Å². The third kappa shape index (κ3) is 4.67. The van der Waals surface area contributed by atoms with Crippen LogP contribution in [-0.2, 0) is 11.4 Å². The fraction of sp³-hybridized carbons (Fsp3) is 0.250. The van der Waals surface area contributed by atoms with Crippen molar-refractivity contribution in [2.45, 2.75) is 20.4 Å². The Kier molecular flexibility index (Phi) is 6.82. The summed E-state index contributed by atoms with van der Waals surface area (Å²) in [6.07, 6.45) is 0. The second-order valence-electron chi connectivity index (χ2n) is 6.99. The van der Waals surface area contributed by atoms with Crippen molar-refractivity contribution in [1.29, 1.82) is 0 Å². The van der Waals surface area contributed by atoms with Crippen LogP contribution in [0.15, 0.2) is 60.7 Å². The summed E-state index contributed by atoms with van der Waals surface area (Å²) in [4.78, 5) is 31.6. The van der Waals surface area contributed by atoms with E-state index in [4.69, 9.17) is 9.94 Å². The van der Waals surface area contributed by atoms with E-state index in [0.29, 0.717) is 11.3 Å². The fourth-order valence-corrected chi connectivity index (χ4v) is 3.39. The van der Waals surface area contributed by atoms with Crippen molar-refractivity contribution in [3.8, 4) is 0 Å². The minimum atomic E-state index is -1.03. The Morgan fingerprint density at radius 3 is 2.07 bits per heavy atom. The van der Waals surface area contributed by atoms with Gasteiger partial charge in [-0.1, -0.05) is 32.0 Å². The van der Waals surface area contributed by atoms with Gasteiger partial charge in [-0.05, 0) is 71.9 Å². The summed E-state index contributed by atoms with van der Waals surface area (Å²) >= 11 is 0. The van der Waals surface area contributed by atoms with Crippen LogP contribution in [0.1, 0.15) is 40.1 Å². The molecule has 0 heterocycles. The minimum Gasteiger partial charge on any atom is -0.478 e. The molecule has 3 rings (SSSR count). The van der Waals surface area contributed by atoms with E-state index in [1.54, 1.807) is 0 Å². The lowest BCUT2D eigenvalue weighted by Gasteiger charge is -2.21. The first-order valence-electron chi connectivity index (χ1n) is 9.93. The van der Waals surface area contributed by atoms with E-state index in [1.807, 2.05) is 18.2 Å². The summed E-state index contributed by atoms with van der Waals surface area (Å²) in [7, 11) is 1.43. The van der Waals surface area contributed by atoms with Crippen molar-refractivity contribution in [2.24, 2.45) is 0 Å². The van der Waals surface area contributed by atoms with Gasteiger partial charge >= 0.3 is 5.97 Å². The molecule has 0 spiro atoms. The molecule has 3 aromatic rings. The summed E-state index contributed by atoms with van der Waals surface area (Å²) in [5.41, 5.74) is 2.32. The van der Waals surface area contributed by atoms with Crippen LogP contribution < -0.4 is 5.06 Å². The number of anilines is 1. The SMILES string of the molecule is CCN(CC)Cc1ccc2cc(N(OC)C(=O)c3ccc(C(=O)O)cc3)ccc2c1. The van der Waals surface area contributed by atoms with Gasteiger partial charge in [0.15, 0.2) is 0 Å². The number of aromatic carboxylic acids is 1. The number of carbonyl (C=O) groups is 2. The Bertz CT molecular complexity index is 1040. The maximum Gasteiger partial charge on any atom is 0.335 e. The van der Waals surface area contributed by atoms with Crippen molar-refractivity contribution in [2.75, 3.05) is 25.3 Å². The maximum atomic E-state index is 12.9. The zero-order valence-corrected chi connectivity index (χ0v) is 17.5. The van der Waals surface area contributed by atoms with E-state index in [9.17, 15) is 9.59 Å². The van der Waals surface area contributed by atoms with Gasteiger partial charge in [-0.25, -0.2) is 4.79 Å². The standard InChI is InChI=1S/C24H26N2O4/c1-4-25(5-2)16-17-6-7-21-15-22(13-12-20(21)14-17)26(30-3)23(27)18-8-10-19(11-9-18)24(28)29/h6-15H,4-5,16H2,1-3H3,(H,28,29). The van der Waals surface area contributed by atoms with Crippen LogP contribution >= 0.6 is 0 Å². The smallest absolute Gasteiger partial charge is 0.335 e. The van der Waals surface area contributed by atoms with Gasteiger partial charge in [0, 0.05) is 12.1 Å². The molecule has 1 N–H and O–H groups in total. The van der Waals surface area contributed by atoms with Crippen molar-refractivity contribution >= 4 is 28.3 Å². The lowest BCUT2D eigenvalue weighted by Crippen LogP contribution is -2.29. The van der Waals surface area contributed by atoms with Crippen LogP contribution in [0.3, 0.4) is 0 Å². The molecule has 0 saturated heterocycles. The van der Waals surface area contributed by atoms with Gasteiger partial charge in [0.25, 0.3) is 5.91 Å². The second-order valence-corrected chi connectivity index (χ2v) is 6.99. The van der Waals surface area contributed by atoms with E-state index in [2.05, 4.69) is 36.9 Å². The van der Waals surface area contributed by atoms with Gasteiger partial charge in [0.2, 0.25) is 0 Å². The summed E-state index contributed by atoms with van der Waals surface area (Å²) in [6.45, 7) is 7.22. The summed E-state index contributed by atoms with van der Waals surface area (Å²) in [5, 5.41) is 12.3. The van der Waals surface area contributed by atoms with Crippen LogP contribution in [0.5, 0.6) is 0 Å². The molecular weight excluding hydrogens is 380 g/mol. The third-order valence-corrected chi connectivity index (χ3v) is 5.17. The van der Waals surface area contributed by atoms with Crippen LogP contribution in [0.4, 0.5) is 5.69 Å². The number of carbonyl (C=O) groups excluding carboxylic acids is 1. The molecule has 1 amide bonds. The van der Waals surface area contributed by atoms with Crippen LogP contribution in [-0.4, -0.2) is 42.1 Å². The third-order valence-electron chi connectivity index (χ3n) is 5.17. The first-order chi connectivity index (χ1) is 14.5. The van der Waals surface area contributed by atoms with Crippen LogP contribution in [0, 0.1) is 0 Å². The number of hydrogen-bond acceptors (Lipinski definition) is 4. The molecule has 0 unspecified atom stereocenters. The first kappa shape index (κ1) is 21.5. The minimum absolute atomic E-state index is 0.127. The monoisotopic (exact) mass is 406 g/mol. The van der Waals surface area contributed by atoms with Gasteiger partial charge in [0.05, 0.1) is 18.4 Å². The molecule has 0 aliphatic rings. The average molecular weight is 406 g/mol. The molecule has 30 heavy (non-hydrogen) atoms. The molecule has 0 aliphatic heterocycles. The van der Waals surface area contributed by atoms with Crippen molar-refractivity contribution in [3.05, 3.63) is 77.4 Å². The highest BCUT2D eigenvalue weighted by atomic mass is 16.7. The number of hydrogen-bond donors (Lipinski definition) is 1. The molecule has 6 heteroatoms. The van der Waals surface area contributed by atoms with E-state index in [-0.39, 0.29) is 11.5 Å². The van der Waals surface area contributed by atoms with Gasteiger partial charge in [-0.15, -0.1) is 0 Å². The first-order valence-corrected chi connectivity index (χ1v) is 9.93. The molecule has 0 saturated carbocycles. The molecule has 0 atom stereocenters. The van der Waals surface area contributed by atoms with Crippen molar-refractivity contribution in [3.63, 3.8) is 0 Å². The molecule has 156 valence electrons. The Balaban J connectivity index is 1.86. The van der Waals surface area contributed by atoms with Gasteiger partial charge < -0.3 is 5.11 Å². The highest BCUT2D eigenvalue weighted by Gasteiger charge is 2.19. The molecule has 0 bridgehead atoms. The summed E-state index contributed by atoms with van der Waals surface area (Å²) < 4.78 is 0. The number of nitrogens with zero attached hydrogens (tertiary/aromatic N) is 2. The molecular formula is C24H26N2O4. The maximum absolute atomic E-state index is 12.9. The predicted octanol–water partition coefficient (Wildman–Crippen LogP) is 4.59. The second kappa shape index (κ2) is 9.52. The summed E-state index contributed by atoms with van der Waals surface area (Å²) in [5.74, 6) is -1.40. The normalized spacial score (nSPS) is 11.1. The Morgan fingerprint density at radius 1 is 0.867 bits per heavy atom. The zero-order valence-electron chi connectivity index (χ0n) is 17.5. The molecule has 0 aliphatic carbocycles. The number of amides is 1. The van der Waals surface area contributed by atoms with Crippen LogP contribution in [0.25, 0.3) is 10.8 Å². The van der Waals surface area contributed by atoms with Gasteiger partial charge in [-0.2, -0.15) is 5.06 Å². The fourth-order valence-electron chi connectivity index (χ4n) is 3.39. The Labute approximate surface area is 176 Å². The average Bonchev–Trinajstić information content (AvgIpc) is 2.77. The number of fused-ring (bicyclic) bond motifs is 1. The highest BCUT2D eigenvalue weighted by Crippen LogP contribution is 2.25. The number of rotatable bonds is 8. The predicted molar refractivity (Wildman–Crippen MR) is 118 cm³/mol. The summed E-state index contributed by atoms with van der Waals surface area (Å²) in [6, 6.07) is 17.8. The zero-order chi connectivity index (χ0) is 21.7. The number of carboxylic acid groups (broad SMARTS) is 1. The molecule has 0 radical (unpaired) electrons. The van der Waals surface area contributed by atoms with E-state index in [0.717, 1.165) is 30.4 Å². The van der Waals surface area contributed by atoms with Gasteiger partial charge in [-0.3, -0.25) is 14.5 Å². The molecule has 3 aromatic carbocycles. The number of carboxylic acids is 1. The van der Waals surface area contributed by atoms with Crippen molar-refractivity contribution in [1.82, 2.24) is 4.90 Å². The number of hydroxylamine groups is 1. The molecule has 0 fully saturated rings. The number of benzene rings is 3. The molecule has 0 aromatic heterocycles.